The molecule has 0 fully saturated rings. The van der Waals surface area contributed by atoms with Crippen LogP contribution in [0.4, 0.5) is 8.78 Å². The number of hydrogen-bond acceptors (Lipinski definition) is 5. The second kappa shape index (κ2) is 5.49. The molecule has 8 heteroatoms. The summed E-state index contributed by atoms with van der Waals surface area (Å²) < 4.78 is 64.4. The third-order valence-electron chi connectivity index (χ3n) is 2.06. The highest BCUT2D eigenvalue weighted by Gasteiger charge is 2.30. The highest BCUT2D eigenvalue weighted by molar-refractivity contribution is 7.86. The van der Waals surface area contributed by atoms with E-state index in [0.717, 1.165) is 20.3 Å². The monoisotopic (exact) mass is 282 g/mol. The summed E-state index contributed by atoms with van der Waals surface area (Å²) in [5.41, 5.74) is 0. The molecule has 1 rings (SSSR count). The maximum absolute atomic E-state index is 13.8. The second-order valence-corrected chi connectivity index (χ2v) is 4.65. The van der Waals surface area contributed by atoms with Crippen molar-refractivity contribution in [1.82, 2.24) is 0 Å². The van der Waals surface area contributed by atoms with Gasteiger partial charge in [-0.2, -0.15) is 8.42 Å². The lowest BCUT2D eigenvalue weighted by molar-refractivity contribution is 0.318. The van der Waals surface area contributed by atoms with E-state index in [1.807, 2.05) is 0 Å². The minimum absolute atomic E-state index is 0.249. The summed E-state index contributed by atoms with van der Waals surface area (Å²) in [6, 6.07) is 0.912. The Kier molecular flexibility index (Phi) is 4.47. The molecule has 1 aromatic carbocycles. The number of halogens is 2. The standard InChI is InChI=1S/C10H12F2O5S/c1-4-17-18(13,14)10-8(11)6(15-2)5-7(16-3)9(10)12/h5H,4H2,1-3H3. The molecule has 0 bridgehead atoms. The molecule has 0 saturated heterocycles. The molecule has 0 aliphatic rings. The lowest BCUT2D eigenvalue weighted by atomic mass is 10.3. The Labute approximate surface area is 103 Å². The zero-order valence-electron chi connectivity index (χ0n) is 9.99. The van der Waals surface area contributed by atoms with E-state index in [2.05, 4.69) is 13.7 Å². The Balaban J connectivity index is 3.61. The lowest BCUT2D eigenvalue weighted by Crippen LogP contribution is -2.12. The van der Waals surface area contributed by atoms with Crippen molar-refractivity contribution in [2.45, 2.75) is 11.8 Å². The molecule has 0 saturated carbocycles. The van der Waals surface area contributed by atoms with Crippen molar-refractivity contribution in [2.24, 2.45) is 0 Å². The van der Waals surface area contributed by atoms with Gasteiger partial charge in [0, 0.05) is 6.07 Å². The molecule has 0 heterocycles. The SMILES string of the molecule is CCOS(=O)(=O)c1c(F)c(OC)cc(OC)c1F. The Hall–Kier alpha value is -1.41. The molecule has 0 unspecified atom stereocenters. The van der Waals surface area contributed by atoms with Gasteiger partial charge in [-0.25, -0.2) is 8.78 Å². The van der Waals surface area contributed by atoms with Gasteiger partial charge in [-0.3, -0.25) is 4.18 Å². The highest BCUT2D eigenvalue weighted by atomic mass is 32.2. The van der Waals surface area contributed by atoms with Gasteiger partial charge in [0.1, 0.15) is 0 Å². The number of methoxy groups -OCH3 is 2. The molecule has 5 nitrogen and oxygen atoms in total. The predicted molar refractivity (Wildman–Crippen MR) is 58.3 cm³/mol. The van der Waals surface area contributed by atoms with Crippen molar-refractivity contribution in [3.05, 3.63) is 17.7 Å². The van der Waals surface area contributed by atoms with E-state index in [4.69, 9.17) is 0 Å². The fraction of sp³-hybridized carbons (Fsp3) is 0.400. The highest BCUT2D eigenvalue weighted by Crippen LogP contribution is 2.34. The van der Waals surface area contributed by atoms with E-state index < -0.39 is 38.1 Å². The molecular weight excluding hydrogens is 270 g/mol. The van der Waals surface area contributed by atoms with E-state index >= 15 is 0 Å². The van der Waals surface area contributed by atoms with Crippen molar-refractivity contribution >= 4 is 10.1 Å². The van der Waals surface area contributed by atoms with Crippen molar-refractivity contribution in [2.75, 3.05) is 20.8 Å². The van der Waals surface area contributed by atoms with Crippen LogP contribution in [0, 0.1) is 11.6 Å². The van der Waals surface area contributed by atoms with Crippen LogP contribution in [0.15, 0.2) is 11.0 Å². The van der Waals surface area contributed by atoms with E-state index in [1.165, 1.54) is 6.92 Å². The average Bonchev–Trinajstić information content (AvgIpc) is 2.29. The van der Waals surface area contributed by atoms with Crippen molar-refractivity contribution < 1.29 is 30.9 Å². The molecule has 18 heavy (non-hydrogen) atoms. The molecule has 0 atom stereocenters. The Bertz CT molecular complexity index is 513. The average molecular weight is 282 g/mol. The summed E-state index contributed by atoms with van der Waals surface area (Å²) in [6.07, 6.45) is 0. The number of ether oxygens (including phenoxy) is 2. The van der Waals surface area contributed by atoms with Gasteiger partial charge in [0.2, 0.25) is 0 Å². The van der Waals surface area contributed by atoms with E-state index in [-0.39, 0.29) is 6.61 Å². The summed E-state index contributed by atoms with van der Waals surface area (Å²) in [7, 11) is -2.31. The van der Waals surface area contributed by atoms with Crippen molar-refractivity contribution in [3.8, 4) is 11.5 Å². The van der Waals surface area contributed by atoms with E-state index in [0.29, 0.717) is 0 Å². The fourth-order valence-corrected chi connectivity index (χ4v) is 2.36. The van der Waals surface area contributed by atoms with Crippen LogP contribution in [0.3, 0.4) is 0 Å². The molecule has 0 spiro atoms. The van der Waals surface area contributed by atoms with Crippen LogP contribution in [0.2, 0.25) is 0 Å². The van der Waals surface area contributed by atoms with Gasteiger partial charge in [0.05, 0.1) is 20.8 Å². The molecule has 0 amide bonds. The maximum Gasteiger partial charge on any atom is 0.303 e. The first kappa shape index (κ1) is 14.7. The largest absolute Gasteiger partial charge is 0.493 e. The molecule has 0 aromatic heterocycles. The van der Waals surface area contributed by atoms with Crippen LogP contribution in [-0.2, 0) is 14.3 Å². The third-order valence-corrected chi connectivity index (χ3v) is 3.46. The molecule has 0 aliphatic carbocycles. The fourth-order valence-electron chi connectivity index (χ4n) is 1.30. The van der Waals surface area contributed by atoms with Crippen LogP contribution in [-0.4, -0.2) is 29.2 Å². The van der Waals surface area contributed by atoms with Crippen LogP contribution in [0.5, 0.6) is 11.5 Å². The van der Waals surface area contributed by atoms with Crippen LogP contribution in [0.1, 0.15) is 6.92 Å². The molecule has 0 aliphatic heterocycles. The molecule has 102 valence electrons. The minimum atomic E-state index is -4.55. The van der Waals surface area contributed by atoms with Crippen LogP contribution < -0.4 is 9.47 Å². The molecule has 1 aromatic rings. The lowest BCUT2D eigenvalue weighted by Gasteiger charge is -2.12. The number of benzene rings is 1. The first-order chi connectivity index (χ1) is 8.38. The zero-order valence-corrected chi connectivity index (χ0v) is 10.8. The molecule has 0 N–H and O–H groups in total. The zero-order chi connectivity index (χ0) is 13.9. The summed E-state index contributed by atoms with van der Waals surface area (Å²) in [4.78, 5) is -1.22. The number of rotatable bonds is 5. The van der Waals surface area contributed by atoms with Gasteiger partial charge < -0.3 is 9.47 Å². The molecule has 0 radical (unpaired) electrons. The first-order valence-electron chi connectivity index (χ1n) is 4.88. The van der Waals surface area contributed by atoms with Crippen LogP contribution in [0.25, 0.3) is 0 Å². The van der Waals surface area contributed by atoms with E-state index in [9.17, 15) is 17.2 Å². The van der Waals surface area contributed by atoms with Gasteiger partial charge in [-0.15, -0.1) is 0 Å². The molecular formula is C10H12F2O5S. The quantitative estimate of drug-likeness (QED) is 0.769. The van der Waals surface area contributed by atoms with Gasteiger partial charge in [0.15, 0.2) is 28.0 Å². The Morgan fingerprint density at radius 2 is 1.56 bits per heavy atom. The van der Waals surface area contributed by atoms with E-state index in [1.54, 1.807) is 0 Å². The van der Waals surface area contributed by atoms with Crippen LogP contribution >= 0.6 is 0 Å². The summed E-state index contributed by atoms with van der Waals surface area (Å²) >= 11 is 0. The second-order valence-electron chi connectivity index (χ2n) is 3.10. The predicted octanol–water partition coefficient (Wildman–Crippen LogP) is 1.71. The van der Waals surface area contributed by atoms with Crippen molar-refractivity contribution in [3.63, 3.8) is 0 Å². The van der Waals surface area contributed by atoms with Gasteiger partial charge in [-0.1, -0.05) is 0 Å². The topological polar surface area (TPSA) is 61.8 Å². The normalized spacial score (nSPS) is 11.4. The summed E-state index contributed by atoms with van der Waals surface area (Å²) in [5.74, 6) is -3.62. The number of hydrogen-bond donors (Lipinski definition) is 0. The van der Waals surface area contributed by atoms with Crippen molar-refractivity contribution in [1.29, 1.82) is 0 Å². The minimum Gasteiger partial charge on any atom is -0.493 e. The Morgan fingerprint density at radius 3 is 1.89 bits per heavy atom. The summed E-state index contributed by atoms with van der Waals surface area (Å²) in [5, 5.41) is 0. The summed E-state index contributed by atoms with van der Waals surface area (Å²) in [6.45, 7) is 1.13. The third kappa shape index (κ3) is 2.54. The maximum atomic E-state index is 13.8. The van der Waals surface area contributed by atoms with Gasteiger partial charge in [-0.05, 0) is 6.92 Å². The Morgan fingerprint density at radius 1 is 1.11 bits per heavy atom. The smallest absolute Gasteiger partial charge is 0.303 e. The first-order valence-corrected chi connectivity index (χ1v) is 6.29. The van der Waals surface area contributed by atoms with Gasteiger partial charge in [0.25, 0.3) is 0 Å². The van der Waals surface area contributed by atoms with Gasteiger partial charge >= 0.3 is 10.1 Å².